The lowest BCUT2D eigenvalue weighted by molar-refractivity contribution is 0.404. The van der Waals surface area contributed by atoms with Crippen LogP contribution in [-0.2, 0) is 6.54 Å². The maximum atomic E-state index is 4.73. The molecule has 0 unspecified atom stereocenters. The van der Waals surface area contributed by atoms with E-state index in [-0.39, 0.29) is 0 Å². The van der Waals surface area contributed by atoms with E-state index in [9.17, 15) is 0 Å². The quantitative estimate of drug-likeness (QED) is 0.827. The molecular weight excluding hydrogens is 222 g/mol. The highest BCUT2D eigenvalue weighted by atomic mass is 15.3. The number of nitrogens with one attached hydrogen (secondary N) is 1. The van der Waals surface area contributed by atoms with Crippen LogP contribution in [0.25, 0.3) is 0 Å². The van der Waals surface area contributed by atoms with Gasteiger partial charge in [-0.05, 0) is 19.8 Å². The Morgan fingerprint density at radius 3 is 2.56 bits per heavy atom. The first-order valence-corrected chi connectivity index (χ1v) is 7.45. The summed E-state index contributed by atoms with van der Waals surface area (Å²) in [6, 6.07) is 1.17. The van der Waals surface area contributed by atoms with Gasteiger partial charge in [0.1, 0.15) is 0 Å². The first-order valence-electron chi connectivity index (χ1n) is 7.45. The van der Waals surface area contributed by atoms with Crippen molar-refractivity contribution in [3.63, 3.8) is 0 Å². The Morgan fingerprint density at radius 2 is 1.94 bits per heavy atom. The standard InChI is InChI=1S/C15H27N3/c1-12(2)16-10-14-11-18(17-13(14)3)15-8-6-4-5-7-9-15/h11-12,15-16H,4-10H2,1-3H3. The average Bonchev–Trinajstić information content (AvgIpc) is 2.55. The normalized spacial score (nSPS) is 18.2. The third-order valence-corrected chi connectivity index (χ3v) is 3.92. The van der Waals surface area contributed by atoms with Gasteiger partial charge in [-0.3, -0.25) is 4.68 Å². The molecule has 0 saturated heterocycles. The fraction of sp³-hybridized carbons (Fsp3) is 0.800. The fourth-order valence-corrected chi connectivity index (χ4v) is 2.72. The molecule has 1 N–H and O–H groups in total. The van der Waals surface area contributed by atoms with E-state index in [1.54, 1.807) is 0 Å². The zero-order valence-electron chi connectivity index (χ0n) is 12.1. The van der Waals surface area contributed by atoms with Crippen molar-refractivity contribution in [2.24, 2.45) is 0 Å². The minimum atomic E-state index is 0.533. The molecule has 1 aromatic rings. The third-order valence-electron chi connectivity index (χ3n) is 3.92. The van der Waals surface area contributed by atoms with E-state index in [1.807, 2.05) is 0 Å². The zero-order valence-corrected chi connectivity index (χ0v) is 12.1. The summed E-state index contributed by atoms with van der Waals surface area (Å²) in [5.41, 5.74) is 2.54. The molecule has 0 spiro atoms. The van der Waals surface area contributed by atoms with Crippen molar-refractivity contribution in [2.45, 2.75) is 77.9 Å². The van der Waals surface area contributed by atoms with Crippen LogP contribution in [0.5, 0.6) is 0 Å². The summed E-state index contributed by atoms with van der Waals surface area (Å²) in [4.78, 5) is 0. The van der Waals surface area contributed by atoms with Gasteiger partial charge in [0.15, 0.2) is 0 Å². The highest BCUT2D eigenvalue weighted by Crippen LogP contribution is 2.27. The molecule has 1 fully saturated rings. The van der Waals surface area contributed by atoms with Crippen LogP contribution in [0.3, 0.4) is 0 Å². The van der Waals surface area contributed by atoms with Gasteiger partial charge in [0.25, 0.3) is 0 Å². The fourth-order valence-electron chi connectivity index (χ4n) is 2.72. The van der Waals surface area contributed by atoms with Gasteiger partial charge in [-0.15, -0.1) is 0 Å². The van der Waals surface area contributed by atoms with E-state index in [0.717, 1.165) is 6.54 Å². The van der Waals surface area contributed by atoms with Crippen molar-refractivity contribution in [1.82, 2.24) is 15.1 Å². The van der Waals surface area contributed by atoms with Gasteiger partial charge in [-0.2, -0.15) is 5.10 Å². The topological polar surface area (TPSA) is 29.9 Å². The van der Waals surface area contributed by atoms with Gasteiger partial charge in [0.05, 0.1) is 11.7 Å². The predicted molar refractivity (Wildman–Crippen MR) is 75.7 cm³/mol. The minimum Gasteiger partial charge on any atom is -0.310 e. The van der Waals surface area contributed by atoms with Crippen molar-refractivity contribution in [3.05, 3.63) is 17.5 Å². The molecule has 2 rings (SSSR count). The second-order valence-corrected chi connectivity index (χ2v) is 5.90. The van der Waals surface area contributed by atoms with Crippen LogP contribution in [0.2, 0.25) is 0 Å². The Hall–Kier alpha value is -0.830. The molecule has 3 nitrogen and oxygen atoms in total. The molecule has 0 amide bonds. The van der Waals surface area contributed by atoms with Crippen molar-refractivity contribution >= 4 is 0 Å². The molecule has 0 bridgehead atoms. The van der Waals surface area contributed by atoms with E-state index in [0.29, 0.717) is 12.1 Å². The highest BCUT2D eigenvalue weighted by molar-refractivity contribution is 5.15. The molecule has 1 saturated carbocycles. The predicted octanol–water partition coefficient (Wildman–Crippen LogP) is 3.58. The largest absolute Gasteiger partial charge is 0.310 e. The Kier molecular flexibility index (Phi) is 4.81. The van der Waals surface area contributed by atoms with E-state index in [2.05, 4.69) is 37.0 Å². The summed E-state index contributed by atoms with van der Waals surface area (Å²) in [6.07, 6.45) is 10.4. The number of aryl methyl sites for hydroxylation is 1. The maximum absolute atomic E-state index is 4.73. The Bertz CT molecular complexity index is 360. The first kappa shape index (κ1) is 13.6. The second kappa shape index (κ2) is 6.37. The lowest BCUT2D eigenvalue weighted by Gasteiger charge is -2.14. The number of hydrogen-bond donors (Lipinski definition) is 1. The van der Waals surface area contributed by atoms with E-state index >= 15 is 0 Å². The molecule has 18 heavy (non-hydrogen) atoms. The van der Waals surface area contributed by atoms with Crippen molar-refractivity contribution in [3.8, 4) is 0 Å². The molecule has 0 aliphatic heterocycles. The number of aromatic nitrogens is 2. The summed E-state index contributed by atoms with van der Waals surface area (Å²) in [7, 11) is 0. The summed E-state index contributed by atoms with van der Waals surface area (Å²) >= 11 is 0. The van der Waals surface area contributed by atoms with Gasteiger partial charge in [0, 0.05) is 24.3 Å². The minimum absolute atomic E-state index is 0.533. The van der Waals surface area contributed by atoms with E-state index < -0.39 is 0 Å². The summed E-state index contributed by atoms with van der Waals surface area (Å²) in [5, 5.41) is 8.21. The maximum Gasteiger partial charge on any atom is 0.0638 e. The molecule has 0 atom stereocenters. The average molecular weight is 249 g/mol. The van der Waals surface area contributed by atoms with E-state index in [4.69, 9.17) is 5.10 Å². The summed E-state index contributed by atoms with van der Waals surface area (Å²) in [6.45, 7) is 7.44. The zero-order chi connectivity index (χ0) is 13.0. The SMILES string of the molecule is Cc1nn(C2CCCCCC2)cc1CNC(C)C. The van der Waals surface area contributed by atoms with Crippen LogP contribution >= 0.6 is 0 Å². The summed E-state index contributed by atoms with van der Waals surface area (Å²) < 4.78 is 2.23. The number of nitrogens with zero attached hydrogens (tertiary/aromatic N) is 2. The third kappa shape index (κ3) is 3.58. The molecule has 1 aliphatic rings. The molecule has 3 heteroatoms. The number of hydrogen-bond acceptors (Lipinski definition) is 2. The van der Waals surface area contributed by atoms with Gasteiger partial charge in [-0.25, -0.2) is 0 Å². The molecule has 1 heterocycles. The molecule has 0 radical (unpaired) electrons. The van der Waals surface area contributed by atoms with Crippen LogP contribution in [0.4, 0.5) is 0 Å². The monoisotopic (exact) mass is 249 g/mol. The van der Waals surface area contributed by atoms with Crippen LogP contribution < -0.4 is 5.32 Å². The molecule has 1 aromatic heterocycles. The van der Waals surface area contributed by atoms with Crippen LogP contribution in [0, 0.1) is 6.92 Å². The lowest BCUT2D eigenvalue weighted by Crippen LogP contribution is -2.21. The Labute approximate surface area is 111 Å². The smallest absolute Gasteiger partial charge is 0.0638 e. The van der Waals surface area contributed by atoms with E-state index in [1.165, 1.54) is 49.8 Å². The first-order chi connectivity index (χ1) is 8.66. The molecular formula is C15H27N3. The van der Waals surface area contributed by atoms with Gasteiger partial charge in [-0.1, -0.05) is 39.5 Å². The van der Waals surface area contributed by atoms with Crippen molar-refractivity contribution < 1.29 is 0 Å². The van der Waals surface area contributed by atoms with Gasteiger partial charge >= 0.3 is 0 Å². The molecule has 102 valence electrons. The van der Waals surface area contributed by atoms with Crippen molar-refractivity contribution in [1.29, 1.82) is 0 Å². The molecule has 1 aliphatic carbocycles. The Morgan fingerprint density at radius 1 is 1.28 bits per heavy atom. The molecule has 0 aromatic carbocycles. The number of rotatable bonds is 4. The van der Waals surface area contributed by atoms with Crippen molar-refractivity contribution in [2.75, 3.05) is 0 Å². The van der Waals surface area contributed by atoms with Crippen LogP contribution in [0.15, 0.2) is 6.20 Å². The second-order valence-electron chi connectivity index (χ2n) is 5.90. The van der Waals surface area contributed by atoms with Crippen LogP contribution in [-0.4, -0.2) is 15.8 Å². The summed E-state index contributed by atoms with van der Waals surface area (Å²) in [5.74, 6) is 0. The van der Waals surface area contributed by atoms with Gasteiger partial charge < -0.3 is 5.32 Å². The van der Waals surface area contributed by atoms with Gasteiger partial charge in [0.2, 0.25) is 0 Å². The Balaban J connectivity index is 2.02. The lowest BCUT2D eigenvalue weighted by atomic mass is 10.1. The highest BCUT2D eigenvalue weighted by Gasteiger charge is 2.16. The van der Waals surface area contributed by atoms with Crippen LogP contribution in [0.1, 0.15) is 69.7 Å².